The highest BCUT2D eigenvalue weighted by atomic mass is 19.4. The molecular formula is C23H21F4N6. The third-order valence-corrected chi connectivity index (χ3v) is 6.29. The molecule has 171 valence electrons. The van der Waals surface area contributed by atoms with Gasteiger partial charge in [-0.25, -0.2) is 19.3 Å². The van der Waals surface area contributed by atoms with Gasteiger partial charge >= 0.3 is 6.18 Å². The number of hydrogen-bond acceptors (Lipinski definition) is 6. The molecule has 2 fully saturated rings. The van der Waals surface area contributed by atoms with E-state index in [1.165, 1.54) is 0 Å². The molecule has 0 aromatic carbocycles. The Balaban J connectivity index is 1.42. The van der Waals surface area contributed by atoms with Gasteiger partial charge in [0.25, 0.3) is 0 Å². The molecule has 3 aromatic rings. The van der Waals surface area contributed by atoms with E-state index in [0.717, 1.165) is 37.2 Å². The smallest absolute Gasteiger partial charge is 0.366 e. The maximum atomic E-state index is 14.3. The second-order valence-corrected chi connectivity index (χ2v) is 8.76. The van der Waals surface area contributed by atoms with E-state index in [1.54, 1.807) is 18.5 Å². The first-order valence-corrected chi connectivity index (χ1v) is 10.6. The zero-order chi connectivity index (χ0) is 23.2. The summed E-state index contributed by atoms with van der Waals surface area (Å²) >= 11 is 0. The quantitative estimate of drug-likeness (QED) is 0.562. The van der Waals surface area contributed by atoms with Crippen molar-refractivity contribution in [3.8, 4) is 11.4 Å². The zero-order valence-electron chi connectivity index (χ0n) is 17.8. The maximum Gasteiger partial charge on any atom is 0.417 e. The van der Waals surface area contributed by atoms with Crippen molar-refractivity contribution < 1.29 is 17.6 Å². The fourth-order valence-electron chi connectivity index (χ4n) is 4.43. The van der Waals surface area contributed by atoms with Gasteiger partial charge in [-0.15, -0.1) is 0 Å². The summed E-state index contributed by atoms with van der Waals surface area (Å²) in [5.74, 6) is -0.704. The van der Waals surface area contributed by atoms with Crippen molar-refractivity contribution in [3.63, 3.8) is 0 Å². The Hall–Kier alpha value is -3.30. The summed E-state index contributed by atoms with van der Waals surface area (Å²) in [6, 6.07) is 4.15. The Morgan fingerprint density at radius 1 is 1.18 bits per heavy atom. The first-order valence-electron chi connectivity index (χ1n) is 10.6. The van der Waals surface area contributed by atoms with E-state index in [0.29, 0.717) is 30.2 Å². The molecule has 1 radical (unpaired) electrons. The van der Waals surface area contributed by atoms with Crippen molar-refractivity contribution in [2.24, 2.45) is 5.41 Å². The number of anilines is 2. The summed E-state index contributed by atoms with van der Waals surface area (Å²) in [7, 11) is 0. The first-order chi connectivity index (χ1) is 15.7. The van der Waals surface area contributed by atoms with Crippen LogP contribution < -0.4 is 10.2 Å². The number of hydrogen-bond donors (Lipinski definition) is 1. The Labute approximate surface area is 188 Å². The molecule has 0 bridgehead atoms. The Morgan fingerprint density at radius 2 is 1.94 bits per heavy atom. The number of pyridine rings is 2. The van der Waals surface area contributed by atoms with Crippen LogP contribution >= 0.6 is 0 Å². The van der Waals surface area contributed by atoms with E-state index in [2.05, 4.69) is 36.3 Å². The van der Waals surface area contributed by atoms with Crippen molar-refractivity contribution in [1.29, 1.82) is 0 Å². The van der Waals surface area contributed by atoms with Gasteiger partial charge in [0.2, 0.25) is 0 Å². The summed E-state index contributed by atoms with van der Waals surface area (Å²) < 4.78 is 52.8. The number of nitrogens with one attached hydrogen (secondary N) is 1. The minimum absolute atomic E-state index is 0.0198. The molecule has 33 heavy (non-hydrogen) atoms. The van der Waals surface area contributed by atoms with Crippen LogP contribution in [0.2, 0.25) is 0 Å². The average Bonchev–Trinajstić information content (AvgIpc) is 3.44. The minimum atomic E-state index is -4.64. The number of nitrogens with zero attached hydrogens (tertiary/aromatic N) is 5. The summed E-state index contributed by atoms with van der Waals surface area (Å²) in [5.41, 5.74) is 1.46. The van der Waals surface area contributed by atoms with Crippen molar-refractivity contribution in [2.75, 3.05) is 23.3 Å². The molecule has 1 aliphatic carbocycles. The molecule has 0 amide bonds. The third-order valence-electron chi connectivity index (χ3n) is 6.29. The van der Waals surface area contributed by atoms with E-state index in [4.69, 9.17) is 0 Å². The standard InChI is InChI=1S/C23H21F4N6/c1-14-7-19(17(12-30-14)20-28-5-2-6-29-20)33-13-22(3-4-22)9-16(33)11-32-21-18(24)8-15(10-31-21)23(25,26)27/h2,5-8,10,16H,3-4,9,11,13H2,1H3,(H,31,32)/t16-/m0/s1. The van der Waals surface area contributed by atoms with Crippen molar-refractivity contribution in [1.82, 2.24) is 19.9 Å². The van der Waals surface area contributed by atoms with Gasteiger partial charge in [-0.1, -0.05) is 0 Å². The molecule has 6 nitrogen and oxygen atoms in total. The van der Waals surface area contributed by atoms with Crippen molar-refractivity contribution in [2.45, 2.75) is 38.4 Å². The molecule has 1 saturated heterocycles. The summed E-state index contributed by atoms with van der Waals surface area (Å²) in [6.45, 7) is 3.03. The molecule has 1 spiro atoms. The van der Waals surface area contributed by atoms with Gasteiger partial charge in [0.15, 0.2) is 17.5 Å². The number of aromatic nitrogens is 4. The number of aryl methyl sites for hydroxylation is 1. The van der Waals surface area contributed by atoms with Gasteiger partial charge < -0.3 is 10.2 Å². The lowest BCUT2D eigenvalue weighted by atomic mass is 10.0. The van der Waals surface area contributed by atoms with Gasteiger partial charge in [0, 0.05) is 43.4 Å². The molecule has 1 atom stereocenters. The molecule has 1 N–H and O–H groups in total. The molecule has 5 rings (SSSR count). The average molecular weight is 457 g/mol. The summed E-state index contributed by atoms with van der Waals surface area (Å²) in [6.07, 6.45) is 5.48. The fourth-order valence-corrected chi connectivity index (χ4v) is 4.43. The van der Waals surface area contributed by atoms with Gasteiger partial charge in [-0.3, -0.25) is 4.98 Å². The van der Waals surface area contributed by atoms with Crippen LogP contribution in [0.3, 0.4) is 0 Å². The molecule has 10 heteroatoms. The van der Waals surface area contributed by atoms with Gasteiger partial charge in [0.05, 0.1) is 16.8 Å². The SMILES string of the molecule is Cc1cc(N2CC3(CC3)C[C@H]2CNc2ncc(C(F)(F)F)cc2F)c(-c2ncccn2)[c]n1. The van der Waals surface area contributed by atoms with Crippen LogP contribution in [0.1, 0.15) is 30.5 Å². The molecule has 4 heterocycles. The van der Waals surface area contributed by atoms with E-state index >= 15 is 0 Å². The number of alkyl halides is 3. The van der Waals surface area contributed by atoms with Gasteiger partial charge in [0.1, 0.15) is 6.20 Å². The monoisotopic (exact) mass is 457 g/mol. The van der Waals surface area contributed by atoms with E-state index in [-0.39, 0.29) is 17.3 Å². The van der Waals surface area contributed by atoms with Crippen LogP contribution in [0.25, 0.3) is 11.4 Å². The predicted octanol–water partition coefficient (Wildman–Crippen LogP) is 4.67. The molecule has 3 aromatic heterocycles. The number of halogens is 4. The lowest BCUT2D eigenvalue weighted by molar-refractivity contribution is -0.138. The van der Waals surface area contributed by atoms with Crippen molar-refractivity contribution >= 4 is 11.5 Å². The molecular weight excluding hydrogens is 436 g/mol. The fraction of sp³-hybridized carbons (Fsp3) is 0.391. The second-order valence-electron chi connectivity index (χ2n) is 8.76. The molecule has 1 aliphatic heterocycles. The van der Waals surface area contributed by atoms with E-state index in [9.17, 15) is 17.6 Å². The van der Waals surface area contributed by atoms with Gasteiger partial charge in [-0.2, -0.15) is 13.2 Å². The first kappa shape index (κ1) is 21.5. The van der Waals surface area contributed by atoms with Crippen LogP contribution in [-0.4, -0.2) is 39.1 Å². The Bertz CT molecular complexity index is 1160. The molecule has 2 aliphatic rings. The zero-order valence-corrected chi connectivity index (χ0v) is 17.8. The maximum absolute atomic E-state index is 14.3. The lowest BCUT2D eigenvalue weighted by Gasteiger charge is -2.29. The lowest BCUT2D eigenvalue weighted by Crippen LogP contribution is -2.36. The Kier molecular flexibility index (Phi) is 5.18. The van der Waals surface area contributed by atoms with E-state index < -0.39 is 17.6 Å². The number of rotatable bonds is 5. The largest absolute Gasteiger partial charge is 0.417 e. The minimum Gasteiger partial charge on any atom is -0.366 e. The van der Waals surface area contributed by atoms with Gasteiger partial charge in [-0.05, 0) is 49.8 Å². The molecule has 1 saturated carbocycles. The summed E-state index contributed by atoms with van der Waals surface area (Å²) in [5, 5.41) is 2.92. The second kappa shape index (κ2) is 7.93. The van der Waals surface area contributed by atoms with E-state index in [1.807, 2.05) is 13.0 Å². The summed E-state index contributed by atoms with van der Waals surface area (Å²) in [4.78, 5) is 18.9. The highest BCUT2D eigenvalue weighted by molar-refractivity contribution is 5.74. The van der Waals surface area contributed by atoms with Crippen LogP contribution in [0.4, 0.5) is 29.1 Å². The highest BCUT2D eigenvalue weighted by Crippen LogP contribution is 2.56. The highest BCUT2D eigenvalue weighted by Gasteiger charge is 2.52. The molecule has 0 unspecified atom stereocenters. The predicted molar refractivity (Wildman–Crippen MR) is 114 cm³/mol. The van der Waals surface area contributed by atoms with Crippen LogP contribution in [-0.2, 0) is 6.18 Å². The topological polar surface area (TPSA) is 66.8 Å². The van der Waals surface area contributed by atoms with Crippen LogP contribution in [0, 0.1) is 24.4 Å². The van der Waals surface area contributed by atoms with Crippen LogP contribution in [0.15, 0.2) is 36.8 Å². The third kappa shape index (κ3) is 4.34. The normalized spacial score (nSPS) is 19.2. The Morgan fingerprint density at radius 3 is 2.61 bits per heavy atom. The van der Waals surface area contributed by atoms with Crippen molar-refractivity contribution in [3.05, 3.63) is 60.1 Å². The van der Waals surface area contributed by atoms with Crippen LogP contribution in [0.5, 0.6) is 0 Å².